The first kappa shape index (κ1) is 20.7. The van der Waals surface area contributed by atoms with Gasteiger partial charge in [0.05, 0.1) is 17.7 Å². The Morgan fingerprint density at radius 3 is 2.21 bits per heavy atom. The molecule has 0 spiro atoms. The van der Waals surface area contributed by atoms with E-state index in [0.717, 1.165) is 27.3 Å². The summed E-state index contributed by atoms with van der Waals surface area (Å²) in [6.07, 6.45) is 0. The van der Waals surface area contributed by atoms with E-state index in [1.54, 1.807) is 31.4 Å². The number of hydrogen-bond donors (Lipinski definition) is 2. The summed E-state index contributed by atoms with van der Waals surface area (Å²) in [6.45, 7) is 9.95. The summed E-state index contributed by atoms with van der Waals surface area (Å²) >= 11 is 1.30. The Kier molecular flexibility index (Phi) is 5.57. The van der Waals surface area contributed by atoms with Crippen LogP contribution in [0.5, 0.6) is 5.75 Å². The van der Waals surface area contributed by atoms with Gasteiger partial charge in [0, 0.05) is 16.4 Å². The van der Waals surface area contributed by atoms with Crippen LogP contribution in [0.15, 0.2) is 24.3 Å². The van der Waals surface area contributed by atoms with Gasteiger partial charge in [0.25, 0.3) is 11.8 Å². The molecule has 0 bridgehead atoms. The second-order valence-corrected chi connectivity index (χ2v) is 8.75. The molecular weight excluding hydrogens is 388 g/mol. The number of fused-ring (bicyclic) bond motifs is 1. The minimum absolute atomic E-state index is 0.189. The van der Waals surface area contributed by atoms with E-state index in [0.29, 0.717) is 16.2 Å². The maximum atomic E-state index is 12.7. The minimum Gasteiger partial charge on any atom is -0.497 e. The molecule has 2 heterocycles. The van der Waals surface area contributed by atoms with Crippen molar-refractivity contribution in [3.05, 3.63) is 51.8 Å². The molecule has 0 aliphatic carbocycles. The number of nitrogens with zero attached hydrogens (tertiary/aromatic N) is 2. The molecule has 0 saturated heterocycles. The van der Waals surface area contributed by atoms with Crippen LogP contribution in [-0.2, 0) is 5.41 Å². The number of aryl methyl sites for hydroxylation is 2. The number of rotatable bonds is 3. The average molecular weight is 413 g/mol. The standard InChI is InChI=1S/C21H24N4O3S/c1-11-15-12(2)22-20(21(3,4)5)23-19(15)29-16(11)18(27)25-24-17(26)13-7-9-14(28-6)10-8-13/h7-10H,1-6H3,(H,24,26)(H,25,27). The number of aromatic nitrogens is 2. The summed E-state index contributed by atoms with van der Waals surface area (Å²) in [4.78, 5) is 35.5. The van der Waals surface area contributed by atoms with Crippen molar-refractivity contribution in [1.29, 1.82) is 0 Å². The molecule has 0 radical (unpaired) electrons. The molecule has 1 aromatic carbocycles. The SMILES string of the molecule is COc1ccc(C(=O)NNC(=O)c2sc3nc(C(C)(C)C)nc(C)c3c2C)cc1. The van der Waals surface area contributed by atoms with Crippen LogP contribution in [-0.4, -0.2) is 28.9 Å². The lowest BCUT2D eigenvalue weighted by molar-refractivity contribution is 0.0848. The molecule has 3 rings (SSSR count). The third-order valence-electron chi connectivity index (χ3n) is 4.49. The first-order valence-corrected chi connectivity index (χ1v) is 9.96. The van der Waals surface area contributed by atoms with Gasteiger partial charge in [-0.1, -0.05) is 20.8 Å². The molecule has 2 N–H and O–H groups in total. The smallest absolute Gasteiger partial charge is 0.280 e. The zero-order valence-electron chi connectivity index (χ0n) is 17.3. The van der Waals surface area contributed by atoms with Gasteiger partial charge >= 0.3 is 0 Å². The van der Waals surface area contributed by atoms with Crippen LogP contribution in [0, 0.1) is 13.8 Å². The van der Waals surface area contributed by atoms with E-state index < -0.39 is 5.91 Å². The van der Waals surface area contributed by atoms with Gasteiger partial charge in [0.2, 0.25) is 0 Å². The van der Waals surface area contributed by atoms with Gasteiger partial charge in [-0.25, -0.2) is 9.97 Å². The molecule has 0 fully saturated rings. The Labute approximate surface area is 173 Å². The maximum Gasteiger partial charge on any atom is 0.280 e. The first-order valence-electron chi connectivity index (χ1n) is 9.14. The second kappa shape index (κ2) is 7.79. The van der Waals surface area contributed by atoms with Crippen molar-refractivity contribution in [3.8, 4) is 5.75 Å². The van der Waals surface area contributed by atoms with Crippen LogP contribution in [0.1, 0.15) is 57.9 Å². The van der Waals surface area contributed by atoms with Gasteiger partial charge in [-0.2, -0.15) is 0 Å². The zero-order chi connectivity index (χ0) is 21.3. The molecule has 152 valence electrons. The number of carbonyl (C=O) groups excluding carboxylic acids is 2. The molecule has 2 amide bonds. The Morgan fingerprint density at radius 2 is 1.62 bits per heavy atom. The molecule has 2 aromatic heterocycles. The number of amides is 2. The molecule has 8 heteroatoms. The van der Waals surface area contributed by atoms with Crippen molar-refractivity contribution in [2.24, 2.45) is 0 Å². The zero-order valence-corrected chi connectivity index (χ0v) is 18.2. The quantitative estimate of drug-likeness (QED) is 0.640. The summed E-state index contributed by atoms with van der Waals surface area (Å²) in [6, 6.07) is 6.61. The summed E-state index contributed by atoms with van der Waals surface area (Å²) < 4.78 is 5.07. The van der Waals surface area contributed by atoms with E-state index in [9.17, 15) is 9.59 Å². The normalized spacial score (nSPS) is 11.4. The van der Waals surface area contributed by atoms with Gasteiger partial charge in [-0.3, -0.25) is 20.4 Å². The number of benzene rings is 1. The summed E-state index contributed by atoms with van der Waals surface area (Å²) in [5, 5.41) is 0.884. The molecule has 3 aromatic rings. The molecule has 29 heavy (non-hydrogen) atoms. The topological polar surface area (TPSA) is 93.2 Å². The van der Waals surface area contributed by atoms with E-state index in [-0.39, 0.29) is 11.3 Å². The monoisotopic (exact) mass is 412 g/mol. The Morgan fingerprint density at radius 1 is 1.00 bits per heavy atom. The Bertz CT molecular complexity index is 1080. The Hall–Kier alpha value is -3.00. The number of hydrazine groups is 1. The van der Waals surface area contributed by atoms with Crippen molar-refractivity contribution in [2.45, 2.75) is 40.0 Å². The van der Waals surface area contributed by atoms with Crippen molar-refractivity contribution in [1.82, 2.24) is 20.8 Å². The highest BCUT2D eigenvalue weighted by molar-refractivity contribution is 7.20. The molecule has 0 atom stereocenters. The number of thiophene rings is 1. The lowest BCUT2D eigenvalue weighted by atomic mass is 9.95. The highest BCUT2D eigenvalue weighted by Crippen LogP contribution is 2.33. The van der Waals surface area contributed by atoms with Crippen LogP contribution in [0.2, 0.25) is 0 Å². The van der Waals surface area contributed by atoms with Crippen molar-refractivity contribution < 1.29 is 14.3 Å². The van der Waals surface area contributed by atoms with Crippen molar-refractivity contribution in [3.63, 3.8) is 0 Å². The number of ether oxygens (including phenoxy) is 1. The minimum atomic E-state index is -0.411. The lowest BCUT2D eigenvalue weighted by Gasteiger charge is -2.16. The molecule has 7 nitrogen and oxygen atoms in total. The van der Waals surface area contributed by atoms with Crippen molar-refractivity contribution >= 4 is 33.4 Å². The lowest BCUT2D eigenvalue weighted by Crippen LogP contribution is -2.41. The molecular formula is C21H24N4O3S. The fourth-order valence-corrected chi connectivity index (χ4v) is 4.00. The van der Waals surface area contributed by atoms with Crippen LogP contribution in [0.4, 0.5) is 0 Å². The third-order valence-corrected chi connectivity index (χ3v) is 5.67. The van der Waals surface area contributed by atoms with Gasteiger partial charge < -0.3 is 4.74 Å². The van der Waals surface area contributed by atoms with Gasteiger partial charge in [-0.05, 0) is 43.7 Å². The highest BCUT2D eigenvalue weighted by atomic mass is 32.1. The predicted molar refractivity (Wildman–Crippen MR) is 114 cm³/mol. The van der Waals surface area contributed by atoms with E-state index in [2.05, 4.69) is 41.6 Å². The van der Waals surface area contributed by atoms with E-state index >= 15 is 0 Å². The number of nitrogens with one attached hydrogen (secondary N) is 2. The van der Waals surface area contributed by atoms with Crippen LogP contribution < -0.4 is 15.6 Å². The molecule has 0 aliphatic heterocycles. The third kappa shape index (κ3) is 4.22. The summed E-state index contributed by atoms with van der Waals surface area (Å²) in [5.74, 6) is 0.593. The largest absolute Gasteiger partial charge is 0.497 e. The fraction of sp³-hybridized carbons (Fsp3) is 0.333. The van der Waals surface area contributed by atoms with E-state index in [1.807, 2.05) is 13.8 Å². The van der Waals surface area contributed by atoms with Gasteiger partial charge in [0.15, 0.2) is 0 Å². The number of carbonyl (C=O) groups is 2. The van der Waals surface area contributed by atoms with E-state index in [4.69, 9.17) is 4.74 Å². The first-order chi connectivity index (χ1) is 13.6. The van der Waals surface area contributed by atoms with Gasteiger partial charge in [0.1, 0.15) is 16.4 Å². The Balaban J connectivity index is 1.80. The van der Waals surface area contributed by atoms with Crippen LogP contribution in [0.3, 0.4) is 0 Å². The molecule has 0 unspecified atom stereocenters. The van der Waals surface area contributed by atoms with Crippen LogP contribution >= 0.6 is 11.3 Å². The number of methoxy groups -OCH3 is 1. The molecule has 0 saturated carbocycles. The fourth-order valence-electron chi connectivity index (χ4n) is 2.88. The average Bonchev–Trinajstić information content (AvgIpc) is 3.02. The molecule has 0 aliphatic rings. The van der Waals surface area contributed by atoms with Crippen LogP contribution in [0.25, 0.3) is 10.2 Å². The van der Waals surface area contributed by atoms with Gasteiger partial charge in [-0.15, -0.1) is 11.3 Å². The van der Waals surface area contributed by atoms with Crippen molar-refractivity contribution in [2.75, 3.05) is 7.11 Å². The number of hydrogen-bond acceptors (Lipinski definition) is 6. The predicted octanol–water partition coefficient (Wildman–Crippen LogP) is 3.69. The highest BCUT2D eigenvalue weighted by Gasteiger charge is 2.23. The summed E-state index contributed by atoms with van der Waals surface area (Å²) in [5.41, 5.74) is 6.80. The second-order valence-electron chi connectivity index (χ2n) is 7.76. The maximum absolute atomic E-state index is 12.7. The summed E-state index contributed by atoms with van der Waals surface area (Å²) in [7, 11) is 1.55. The van der Waals surface area contributed by atoms with E-state index in [1.165, 1.54) is 11.3 Å².